The largest absolute Gasteiger partial charge is 0.380 e. The molecule has 0 aromatic carbocycles. The molecule has 2 aliphatic rings. The fraction of sp³-hybridized carbons (Fsp3) is 0.941. The predicted octanol–water partition coefficient (Wildman–Crippen LogP) is 2.78. The van der Waals surface area contributed by atoms with Gasteiger partial charge in [-0.2, -0.15) is 0 Å². The molecule has 1 saturated carbocycles. The highest BCUT2D eigenvalue weighted by Crippen LogP contribution is 2.32. The van der Waals surface area contributed by atoms with E-state index >= 15 is 0 Å². The molecule has 0 spiro atoms. The van der Waals surface area contributed by atoms with Gasteiger partial charge in [-0.1, -0.05) is 40.0 Å². The standard InChI is InChI=1S/C17H32N2O2/c1-4-5-11-21-12-10-19-16(14-8-6-7-9-14)18-15(13(2)3)17(19)20/h13-16,18H,4-12H2,1-3H3. The summed E-state index contributed by atoms with van der Waals surface area (Å²) in [6.45, 7) is 8.64. The summed E-state index contributed by atoms with van der Waals surface area (Å²) in [6, 6.07) is -0.00811. The minimum Gasteiger partial charge on any atom is -0.380 e. The second-order valence-corrected chi connectivity index (χ2v) is 6.88. The third-order valence-corrected chi connectivity index (χ3v) is 4.87. The molecule has 4 nitrogen and oxygen atoms in total. The Bertz CT molecular complexity index is 327. The van der Waals surface area contributed by atoms with Crippen molar-refractivity contribution in [2.24, 2.45) is 11.8 Å². The summed E-state index contributed by atoms with van der Waals surface area (Å²) in [5.41, 5.74) is 0. The number of carbonyl (C=O) groups is 1. The van der Waals surface area contributed by atoms with Crippen LogP contribution >= 0.6 is 0 Å². The molecule has 1 saturated heterocycles. The number of ether oxygens (including phenoxy) is 1. The Morgan fingerprint density at radius 3 is 2.62 bits per heavy atom. The molecule has 1 amide bonds. The van der Waals surface area contributed by atoms with Gasteiger partial charge in [0.1, 0.15) is 0 Å². The summed E-state index contributed by atoms with van der Waals surface area (Å²) in [7, 11) is 0. The number of hydrogen-bond donors (Lipinski definition) is 1. The maximum atomic E-state index is 12.6. The van der Waals surface area contributed by atoms with Gasteiger partial charge < -0.3 is 9.64 Å². The van der Waals surface area contributed by atoms with E-state index in [0.29, 0.717) is 18.4 Å². The van der Waals surface area contributed by atoms with Gasteiger partial charge in [-0.3, -0.25) is 10.1 Å². The molecule has 1 aliphatic heterocycles. The van der Waals surface area contributed by atoms with Crippen LogP contribution in [0.1, 0.15) is 59.3 Å². The first-order chi connectivity index (χ1) is 10.1. The lowest BCUT2D eigenvalue weighted by atomic mass is 10.0. The minimum atomic E-state index is -0.00811. The van der Waals surface area contributed by atoms with Gasteiger partial charge in [0.25, 0.3) is 0 Å². The van der Waals surface area contributed by atoms with Gasteiger partial charge in [-0.05, 0) is 31.1 Å². The molecule has 0 radical (unpaired) electrons. The summed E-state index contributed by atoms with van der Waals surface area (Å²) < 4.78 is 5.67. The molecule has 21 heavy (non-hydrogen) atoms. The van der Waals surface area contributed by atoms with Crippen molar-refractivity contribution in [1.82, 2.24) is 10.2 Å². The van der Waals surface area contributed by atoms with Crippen LogP contribution in [0.15, 0.2) is 0 Å². The third-order valence-electron chi connectivity index (χ3n) is 4.87. The summed E-state index contributed by atoms with van der Waals surface area (Å²) in [5, 5.41) is 3.61. The Balaban J connectivity index is 1.90. The predicted molar refractivity (Wildman–Crippen MR) is 84.9 cm³/mol. The smallest absolute Gasteiger partial charge is 0.241 e. The molecule has 0 aromatic heterocycles. The van der Waals surface area contributed by atoms with E-state index in [1.165, 1.54) is 25.7 Å². The van der Waals surface area contributed by atoms with Gasteiger partial charge in [-0.15, -0.1) is 0 Å². The van der Waals surface area contributed by atoms with E-state index in [9.17, 15) is 4.79 Å². The Labute approximate surface area is 129 Å². The zero-order valence-corrected chi connectivity index (χ0v) is 13.9. The molecule has 2 atom stereocenters. The SMILES string of the molecule is CCCCOCCN1C(=O)C(C(C)C)NC1C1CCCC1. The summed E-state index contributed by atoms with van der Waals surface area (Å²) in [6.07, 6.45) is 7.62. The van der Waals surface area contributed by atoms with Crippen LogP contribution < -0.4 is 5.32 Å². The molecule has 1 heterocycles. The minimum absolute atomic E-state index is 0.00811. The molecule has 0 aromatic rings. The van der Waals surface area contributed by atoms with Gasteiger partial charge in [0.05, 0.1) is 18.8 Å². The van der Waals surface area contributed by atoms with Crippen LogP contribution in [0.4, 0.5) is 0 Å². The Morgan fingerprint density at radius 2 is 2.00 bits per heavy atom. The lowest BCUT2D eigenvalue weighted by Crippen LogP contribution is -2.44. The average Bonchev–Trinajstić information content (AvgIpc) is 3.07. The number of rotatable bonds is 8. The topological polar surface area (TPSA) is 41.6 Å². The van der Waals surface area contributed by atoms with E-state index in [0.717, 1.165) is 26.0 Å². The quantitative estimate of drug-likeness (QED) is 0.700. The van der Waals surface area contributed by atoms with E-state index in [1.807, 2.05) is 0 Å². The van der Waals surface area contributed by atoms with Crippen molar-refractivity contribution in [1.29, 1.82) is 0 Å². The van der Waals surface area contributed by atoms with Gasteiger partial charge >= 0.3 is 0 Å². The molecule has 122 valence electrons. The van der Waals surface area contributed by atoms with E-state index in [1.54, 1.807) is 0 Å². The number of nitrogens with one attached hydrogen (secondary N) is 1. The highest BCUT2D eigenvalue weighted by molar-refractivity contribution is 5.84. The molecule has 1 aliphatic carbocycles. The fourth-order valence-corrected chi connectivity index (χ4v) is 3.56. The summed E-state index contributed by atoms with van der Waals surface area (Å²) in [5.74, 6) is 1.27. The van der Waals surface area contributed by atoms with Crippen LogP contribution in [0.2, 0.25) is 0 Å². The van der Waals surface area contributed by atoms with Crippen LogP contribution in [-0.2, 0) is 9.53 Å². The maximum Gasteiger partial charge on any atom is 0.241 e. The number of amides is 1. The van der Waals surface area contributed by atoms with E-state index in [2.05, 4.69) is 31.0 Å². The van der Waals surface area contributed by atoms with Crippen LogP contribution in [0.5, 0.6) is 0 Å². The molecule has 2 rings (SSSR count). The van der Waals surface area contributed by atoms with Crippen molar-refractivity contribution in [3.63, 3.8) is 0 Å². The van der Waals surface area contributed by atoms with Crippen LogP contribution in [0.3, 0.4) is 0 Å². The average molecular weight is 296 g/mol. The van der Waals surface area contributed by atoms with Crippen LogP contribution in [0.25, 0.3) is 0 Å². The lowest BCUT2D eigenvalue weighted by Gasteiger charge is -2.29. The van der Waals surface area contributed by atoms with Crippen molar-refractivity contribution in [3.8, 4) is 0 Å². The molecular weight excluding hydrogens is 264 g/mol. The zero-order chi connectivity index (χ0) is 15.2. The Kier molecular flexibility index (Phi) is 6.49. The van der Waals surface area contributed by atoms with E-state index in [-0.39, 0.29) is 18.1 Å². The lowest BCUT2D eigenvalue weighted by molar-refractivity contribution is -0.132. The Hall–Kier alpha value is -0.610. The summed E-state index contributed by atoms with van der Waals surface area (Å²) in [4.78, 5) is 14.7. The Morgan fingerprint density at radius 1 is 1.29 bits per heavy atom. The number of carbonyl (C=O) groups excluding carboxylic acids is 1. The maximum absolute atomic E-state index is 12.6. The summed E-state index contributed by atoms with van der Waals surface area (Å²) >= 11 is 0. The zero-order valence-electron chi connectivity index (χ0n) is 13.9. The van der Waals surface area contributed by atoms with Crippen molar-refractivity contribution in [3.05, 3.63) is 0 Å². The number of hydrogen-bond acceptors (Lipinski definition) is 3. The molecular formula is C17H32N2O2. The highest BCUT2D eigenvalue weighted by Gasteiger charge is 2.43. The normalized spacial score (nSPS) is 27.2. The number of nitrogens with zero attached hydrogens (tertiary/aromatic N) is 1. The van der Waals surface area contributed by atoms with Crippen molar-refractivity contribution in [2.45, 2.75) is 71.5 Å². The molecule has 1 N–H and O–H groups in total. The number of unbranched alkanes of at least 4 members (excludes halogenated alkanes) is 1. The first-order valence-electron chi connectivity index (χ1n) is 8.79. The molecule has 4 heteroatoms. The second kappa shape index (κ2) is 8.14. The van der Waals surface area contributed by atoms with Crippen LogP contribution in [-0.4, -0.2) is 42.8 Å². The van der Waals surface area contributed by atoms with Crippen molar-refractivity contribution in [2.75, 3.05) is 19.8 Å². The van der Waals surface area contributed by atoms with Crippen LogP contribution in [0, 0.1) is 11.8 Å². The fourth-order valence-electron chi connectivity index (χ4n) is 3.56. The van der Waals surface area contributed by atoms with Gasteiger partial charge in [-0.25, -0.2) is 0 Å². The van der Waals surface area contributed by atoms with Gasteiger partial charge in [0.2, 0.25) is 5.91 Å². The third kappa shape index (κ3) is 4.19. The monoisotopic (exact) mass is 296 g/mol. The van der Waals surface area contributed by atoms with Crippen molar-refractivity contribution < 1.29 is 9.53 Å². The molecule has 2 fully saturated rings. The van der Waals surface area contributed by atoms with E-state index in [4.69, 9.17) is 4.74 Å². The van der Waals surface area contributed by atoms with Gasteiger partial charge in [0.15, 0.2) is 0 Å². The van der Waals surface area contributed by atoms with Gasteiger partial charge in [0, 0.05) is 13.2 Å². The highest BCUT2D eigenvalue weighted by atomic mass is 16.5. The second-order valence-electron chi connectivity index (χ2n) is 6.88. The van der Waals surface area contributed by atoms with E-state index < -0.39 is 0 Å². The first-order valence-corrected chi connectivity index (χ1v) is 8.79. The molecule has 0 bridgehead atoms. The van der Waals surface area contributed by atoms with Crippen molar-refractivity contribution >= 4 is 5.91 Å². The molecule has 2 unspecified atom stereocenters. The first kappa shape index (κ1) is 16.8.